The fraction of sp³-hybridized carbons (Fsp3) is 0.500. The molecule has 6 heterocycles. The molecule has 3 N–H and O–H groups in total. The lowest BCUT2D eigenvalue weighted by Gasteiger charge is -2.41. The largest absolute Gasteiger partial charge is 0.461 e. The number of aromatic nitrogens is 3. The highest BCUT2D eigenvalue weighted by Crippen LogP contribution is 2.45. The minimum absolute atomic E-state index is 0.0138. The molecule has 0 radical (unpaired) electrons. The predicted molar refractivity (Wildman–Crippen MR) is 163 cm³/mol. The van der Waals surface area contributed by atoms with Crippen molar-refractivity contribution in [1.82, 2.24) is 25.2 Å². The molecule has 2 aromatic heterocycles. The Hall–Kier alpha value is -3.07. The summed E-state index contributed by atoms with van der Waals surface area (Å²) >= 11 is 7.68. The van der Waals surface area contributed by atoms with Crippen LogP contribution in [0, 0.1) is 11.6 Å². The minimum atomic E-state index is -2.63. The second-order valence-corrected chi connectivity index (χ2v) is 14.1. The summed E-state index contributed by atoms with van der Waals surface area (Å²) in [4.78, 5) is 17.2. The highest BCUT2D eigenvalue weighted by Gasteiger charge is 2.52. The van der Waals surface area contributed by atoms with Gasteiger partial charge in [0, 0.05) is 48.6 Å². The van der Waals surface area contributed by atoms with Gasteiger partial charge in [-0.25, -0.2) is 26.9 Å². The van der Waals surface area contributed by atoms with Crippen LogP contribution in [0.5, 0.6) is 6.01 Å². The van der Waals surface area contributed by atoms with E-state index in [1.807, 2.05) is 0 Å². The molecule has 45 heavy (non-hydrogen) atoms. The maximum absolute atomic E-state index is 16.8. The molecule has 4 aromatic rings. The number of ether oxygens (including phenoxy) is 1. The van der Waals surface area contributed by atoms with Gasteiger partial charge in [0.25, 0.3) is 6.43 Å². The fourth-order valence-corrected chi connectivity index (χ4v) is 8.93. The Morgan fingerprint density at radius 3 is 2.82 bits per heavy atom. The van der Waals surface area contributed by atoms with E-state index in [9.17, 15) is 17.6 Å². The number of hydrogen-bond donors (Lipinski definition) is 2. The van der Waals surface area contributed by atoms with Crippen molar-refractivity contribution < 1.29 is 26.7 Å². The van der Waals surface area contributed by atoms with Crippen LogP contribution in [0.1, 0.15) is 32.1 Å². The maximum Gasteiger partial charge on any atom is 0.319 e. The van der Waals surface area contributed by atoms with Gasteiger partial charge in [-0.05, 0) is 50.4 Å². The van der Waals surface area contributed by atoms with Crippen molar-refractivity contribution in [3.63, 3.8) is 0 Å². The van der Waals surface area contributed by atoms with Gasteiger partial charge in [-0.1, -0.05) is 22.9 Å². The molecule has 4 fully saturated rings. The quantitative estimate of drug-likeness (QED) is 0.244. The van der Waals surface area contributed by atoms with E-state index in [0.717, 1.165) is 30.7 Å². The number of nitrogen functional groups attached to an aromatic ring is 1. The first kappa shape index (κ1) is 29.3. The Morgan fingerprint density at radius 2 is 2.00 bits per heavy atom. The smallest absolute Gasteiger partial charge is 0.319 e. The molecule has 4 atom stereocenters. The highest BCUT2D eigenvalue weighted by molar-refractivity contribution is 7.22. The third-order valence-electron chi connectivity index (χ3n) is 9.92. The van der Waals surface area contributed by atoms with Gasteiger partial charge in [0.2, 0.25) is 0 Å². The van der Waals surface area contributed by atoms with E-state index in [1.165, 1.54) is 18.2 Å². The number of fused-ring (bicyclic) bond motifs is 5. The standard InChI is InChI=1S/C30H29ClF5N7OS/c31-18-8-17-22(21(34)20(18)16-2-3-19(33)24-23(16)38-27(37)45-24)39-28(44-13-29-5-1-7-43(29)10-14(32)9-29)40-25(17)42-11-15-4-6-30(12-42,41-15)26(35)36/h2-3,8,14-15,26,41H,1,4-7,9-13H2,(H2,37,38). The van der Waals surface area contributed by atoms with Crippen molar-refractivity contribution in [2.24, 2.45) is 0 Å². The van der Waals surface area contributed by atoms with Crippen LogP contribution >= 0.6 is 22.9 Å². The van der Waals surface area contributed by atoms with Crippen molar-refractivity contribution in [2.45, 2.75) is 61.8 Å². The van der Waals surface area contributed by atoms with Crippen LogP contribution in [0.3, 0.4) is 0 Å². The van der Waals surface area contributed by atoms with Crippen LogP contribution in [-0.4, -0.2) is 82.4 Å². The lowest BCUT2D eigenvalue weighted by molar-refractivity contribution is 0.0367. The van der Waals surface area contributed by atoms with Crippen LogP contribution in [0.2, 0.25) is 5.02 Å². The van der Waals surface area contributed by atoms with E-state index in [0.29, 0.717) is 25.9 Å². The second kappa shape index (κ2) is 10.5. The van der Waals surface area contributed by atoms with Gasteiger partial charge < -0.3 is 20.7 Å². The Kier molecular flexibility index (Phi) is 6.83. The summed E-state index contributed by atoms with van der Waals surface area (Å²) < 4.78 is 80.8. The lowest BCUT2D eigenvalue weighted by atomic mass is 9.95. The molecule has 2 aromatic carbocycles. The van der Waals surface area contributed by atoms with E-state index in [1.54, 1.807) is 4.90 Å². The zero-order valence-corrected chi connectivity index (χ0v) is 25.5. The molecule has 0 aliphatic carbocycles. The summed E-state index contributed by atoms with van der Waals surface area (Å²) in [5.41, 5.74) is 4.11. The molecule has 8 nitrogen and oxygen atoms in total. The summed E-state index contributed by atoms with van der Waals surface area (Å²) in [5, 5.41) is 3.40. The average molecular weight is 666 g/mol. The Morgan fingerprint density at radius 1 is 1.16 bits per heavy atom. The number of halogens is 6. The van der Waals surface area contributed by atoms with Crippen LogP contribution in [0.15, 0.2) is 18.2 Å². The Labute approximate surface area is 263 Å². The molecule has 0 amide bonds. The molecule has 0 spiro atoms. The topological polar surface area (TPSA) is 92.4 Å². The van der Waals surface area contributed by atoms with E-state index in [-0.39, 0.29) is 79.8 Å². The van der Waals surface area contributed by atoms with E-state index in [2.05, 4.69) is 25.2 Å². The summed E-state index contributed by atoms with van der Waals surface area (Å²) in [5.74, 6) is -1.15. The molecule has 238 valence electrons. The number of nitrogens with two attached hydrogens (primary N) is 1. The van der Waals surface area contributed by atoms with Crippen LogP contribution < -0.4 is 20.7 Å². The predicted octanol–water partition coefficient (Wildman–Crippen LogP) is 5.95. The van der Waals surface area contributed by atoms with Gasteiger partial charge in [-0.3, -0.25) is 4.90 Å². The van der Waals surface area contributed by atoms with Crippen molar-refractivity contribution in [1.29, 1.82) is 0 Å². The van der Waals surface area contributed by atoms with Gasteiger partial charge in [-0.15, -0.1) is 0 Å². The molecule has 8 rings (SSSR count). The van der Waals surface area contributed by atoms with E-state index in [4.69, 9.17) is 22.1 Å². The normalized spacial score (nSPS) is 28.2. The molecule has 4 aliphatic rings. The van der Waals surface area contributed by atoms with Crippen LogP contribution in [0.4, 0.5) is 32.9 Å². The molecular weight excluding hydrogens is 637 g/mol. The third-order valence-corrected chi connectivity index (χ3v) is 11.1. The monoisotopic (exact) mass is 665 g/mol. The number of thiazole rings is 1. The Bertz CT molecular complexity index is 1850. The molecule has 4 aliphatic heterocycles. The number of alkyl halides is 3. The van der Waals surface area contributed by atoms with Crippen molar-refractivity contribution >= 4 is 55.0 Å². The number of hydrogen-bond acceptors (Lipinski definition) is 9. The van der Waals surface area contributed by atoms with Crippen molar-refractivity contribution in [3.8, 4) is 17.1 Å². The molecule has 4 saturated heterocycles. The number of anilines is 2. The molecular formula is C30H29ClF5N7OS. The first-order valence-corrected chi connectivity index (χ1v) is 16.1. The highest BCUT2D eigenvalue weighted by atomic mass is 35.5. The summed E-state index contributed by atoms with van der Waals surface area (Å²) in [6.45, 7) is 1.48. The van der Waals surface area contributed by atoms with E-state index >= 15 is 4.39 Å². The second-order valence-electron chi connectivity index (χ2n) is 12.7. The van der Waals surface area contributed by atoms with Gasteiger partial charge in [-0.2, -0.15) is 9.97 Å². The zero-order chi connectivity index (χ0) is 31.2. The fourth-order valence-electron chi connectivity index (χ4n) is 7.87. The van der Waals surface area contributed by atoms with Gasteiger partial charge in [0.15, 0.2) is 10.9 Å². The van der Waals surface area contributed by atoms with Gasteiger partial charge in [0.1, 0.15) is 29.9 Å². The first-order valence-electron chi connectivity index (χ1n) is 14.9. The average Bonchev–Trinajstić information content (AvgIpc) is 3.74. The third kappa shape index (κ3) is 4.62. The van der Waals surface area contributed by atoms with Crippen molar-refractivity contribution in [3.05, 3.63) is 34.9 Å². The first-order chi connectivity index (χ1) is 21.6. The molecule has 2 bridgehead atoms. The maximum atomic E-state index is 16.8. The number of rotatable bonds is 6. The summed E-state index contributed by atoms with van der Waals surface area (Å²) in [7, 11) is 0. The number of nitrogens with zero attached hydrogens (tertiary/aromatic N) is 5. The zero-order valence-electron chi connectivity index (χ0n) is 23.9. The molecule has 4 unspecified atom stereocenters. The summed E-state index contributed by atoms with van der Waals surface area (Å²) in [6.07, 6.45) is -0.786. The van der Waals surface area contributed by atoms with Crippen molar-refractivity contribution in [2.75, 3.05) is 43.4 Å². The van der Waals surface area contributed by atoms with Gasteiger partial charge >= 0.3 is 6.01 Å². The number of benzene rings is 2. The number of nitrogens with one attached hydrogen (secondary N) is 1. The minimum Gasteiger partial charge on any atom is -0.461 e. The molecule has 0 saturated carbocycles. The summed E-state index contributed by atoms with van der Waals surface area (Å²) in [6, 6.07) is 3.72. The van der Waals surface area contributed by atoms with Crippen LogP contribution in [0.25, 0.3) is 32.2 Å². The number of piperazine rings is 1. The molecule has 15 heteroatoms. The van der Waals surface area contributed by atoms with Gasteiger partial charge in [0.05, 0.1) is 26.3 Å². The SMILES string of the molecule is Nc1nc2c(-c3c(Cl)cc4c(N5CC6CCC(C(F)F)(C5)N6)nc(OCC56CCCN5CC(F)C6)nc4c3F)ccc(F)c2s1. The Balaban J connectivity index is 1.27. The van der Waals surface area contributed by atoms with Crippen LogP contribution in [-0.2, 0) is 0 Å². The van der Waals surface area contributed by atoms with E-state index < -0.39 is 35.3 Å². The lowest BCUT2D eigenvalue weighted by Crippen LogP contribution is -2.63.